The third-order valence-corrected chi connectivity index (χ3v) is 3.70. The molecule has 0 radical (unpaired) electrons. The van der Waals surface area contributed by atoms with E-state index in [1.807, 2.05) is 13.1 Å². The van der Waals surface area contributed by atoms with Crippen LogP contribution in [0, 0.1) is 5.82 Å². The van der Waals surface area contributed by atoms with E-state index in [4.69, 9.17) is 9.15 Å². The highest BCUT2D eigenvalue weighted by Gasteiger charge is 2.27. The molecule has 0 amide bonds. The van der Waals surface area contributed by atoms with Gasteiger partial charge in [-0.3, -0.25) is 0 Å². The van der Waals surface area contributed by atoms with Gasteiger partial charge in [0.15, 0.2) is 0 Å². The number of furan rings is 1. The standard InChI is InChI=1S/C15H18FNO2/c1-17-15(13-4-2-3-7-18-13)14-9-10-8-11(16)5-6-12(10)19-14/h5-6,8-9,13,15,17H,2-4,7H2,1H3. The Bertz CT molecular complexity index is 560. The number of benzene rings is 1. The van der Waals surface area contributed by atoms with Crippen LogP contribution in [0.15, 0.2) is 28.7 Å². The second-order valence-electron chi connectivity index (χ2n) is 5.00. The molecule has 102 valence electrons. The van der Waals surface area contributed by atoms with E-state index in [1.165, 1.54) is 18.6 Å². The zero-order chi connectivity index (χ0) is 13.2. The fourth-order valence-corrected chi connectivity index (χ4v) is 2.73. The van der Waals surface area contributed by atoms with Crippen molar-refractivity contribution in [1.29, 1.82) is 0 Å². The number of hydrogen-bond acceptors (Lipinski definition) is 3. The lowest BCUT2D eigenvalue weighted by atomic mass is 10.00. The zero-order valence-electron chi connectivity index (χ0n) is 11.0. The number of hydrogen-bond donors (Lipinski definition) is 1. The minimum Gasteiger partial charge on any atom is -0.459 e. The fraction of sp³-hybridized carbons (Fsp3) is 0.467. The lowest BCUT2D eigenvalue weighted by molar-refractivity contribution is -0.0106. The van der Waals surface area contributed by atoms with Gasteiger partial charge in [-0.05, 0) is 50.6 Å². The van der Waals surface area contributed by atoms with Crippen molar-refractivity contribution in [3.63, 3.8) is 0 Å². The van der Waals surface area contributed by atoms with Crippen molar-refractivity contribution in [2.24, 2.45) is 0 Å². The number of ether oxygens (including phenoxy) is 1. The summed E-state index contributed by atoms with van der Waals surface area (Å²) in [5, 5.41) is 4.05. The molecule has 1 N–H and O–H groups in total. The SMILES string of the molecule is CNC(c1cc2cc(F)ccc2o1)C1CCCCO1. The Labute approximate surface area is 111 Å². The van der Waals surface area contributed by atoms with E-state index in [0.717, 1.165) is 30.6 Å². The van der Waals surface area contributed by atoms with Gasteiger partial charge in [0.25, 0.3) is 0 Å². The second kappa shape index (κ2) is 5.31. The lowest BCUT2D eigenvalue weighted by Crippen LogP contribution is -2.33. The van der Waals surface area contributed by atoms with Crippen LogP contribution in [0.3, 0.4) is 0 Å². The summed E-state index contributed by atoms with van der Waals surface area (Å²) in [5.74, 6) is 0.574. The van der Waals surface area contributed by atoms with Crippen molar-refractivity contribution in [1.82, 2.24) is 5.32 Å². The summed E-state index contributed by atoms with van der Waals surface area (Å²) in [7, 11) is 1.90. The highest BCUT2D eigenvalue weighted by molar-refractivity contribution is 5.78. The molecule has 0 bridgehead atoms. The van der Waals surface area contributed by atoms with E-state index in [2.05, 4.69) is 5.32 Å². The monoisotopic (exact) mass is 263 g/mol. The first kappa shape index (κ1) is 12.6. The third kappa shape index (κ3) is 2.51. The van der Waals surface area contributed by atoms with Crippen LogP contribution in [0.2, 0.25) is 0 Å². The van der Waals surface area contributed by atoms with Crippen molar-refractivity contribution in [2.45, 2.75) is 31.4 Å². The summed E-state index contributed by atoms with van der Waals surface area (Å²) in [4.78, 5) is 0. The molecule has 1 aliphatic rings. The van der Waals surface area contributed by atoms with Crippen molar-refractivity contribution in [3.8, 4) is 0 Å². The minimum atomic E-state index is -0.241. The molecule has 1 saturated heterocycles. The van der Waals surface area contributed by atoms with Gasteiger partial charge in [-0.1, -0.05) is 0 Å². The van der Waals surface area contributed by atoms with E-state index in [1.54, 1.807) is 6.07 Å². The van der Waals surface area contributed by atoms with Crippen LogP contribution in [0.25, 0.3) is 11.0 Å². The summed E-state index contributed by atoms with van der Waals surface area (Å²) < 4.78 is 24.8. The van der Waals surface area contributed by atoms with Crippen LogP contribution in [-0.2, 0) is 4.74 Å². The Kier molecular flexibility index (Phi) is 3.53. The molecule has 2 unspecified atom stereocenters. The largest absolute Gasteiger partial charge is 0.459 e. The van der Waals surface area contributed by atoms with Crippen LogP contribution < -0.4 is 5.32 Å². The first-order valence-corrected chi connectivity index (χ1v) is 6.76. The summed E-state index contributed by atoms with van der Waals surface area (Å²) >= 11 is 0. The second-order valence-corrected chi connectivity index (χ2v) is 5.00. The maximum Gasteiger partial charge on any atom is 0.134 e. The lowest BCUT2D eigenvalue weighted by Gasteiger charge is -2.28. The Morgan fingerprint density at radius 2 is 2.21 bits per heavy atom. The molecular weight excluding hydrogens is 245 g/mol. The number of likely N-dealkylation sites (N-methyl/N-ethyl adjacent to an activating group) is 1. The summed E-state index contributed by atoms with van der Waals surface area (Å²) in [5.41, 5.74) is 0.715. The maximum atomic E-state index is 13.2. The molecule has 1 aliphatic heterocycles. The quantitative estimate of drug-likeness (QED) is 0.921. The van der Waals surface area contributed by atoms with Gasteiger partial charge in [-0.15, -0.1) is 0 Å². The molecular formula is C15H18FNO2. The average molecular weight is 263 g/mol. The molecule has 0 aliphatic carbocycles. The zero-order valence-corrected chi connectivity index (χ0v) is 11.0. The van der Waals surface area contributed by atoms with E-state index in [-0.39, 0.29) is 18.0 Å². The van der Waals surface area contributed by atoms with Crippen LogP contribution >= 0.6 is 0 Å². The van der Waals surface area contributed by atoms with Crippen molar-refractivity contribution in [2.75, 3.05) is 13.7 Å². The average Bonchev–Trinajstić information content (AvgIpc) is 2.83. The highest BCUT2D eigenvalue weighted by atomic mass is 19.1. The van der Waals surface area contributed by atoms with Crippen LogP contribution in [0.5, 0.6) is 0 Å². The number of nitrogens with one attached hydrogen (secondary N) is 1. The first-order valence-electron chi connectivity index (χ1n) is 6.76. The van der Waals surface area contributed by atoms with Gasteiger partial charge in [0.2, 0.25) is 0 Å². The van der Waals surface area contributed by atoms with E-state index in [0.29, 0.717) is 5.58 Å². The van der Waals surface area contributed by atoms with Gasteiger partial charge in [-0.2, -0.15) is 0 Å². The molecule has 4 heteroatoms. The maximum absolute atomic E-state index is 13.2. The molecule has 1 aromatic carbocycles. The Balaban J connectivity index is 1.91. The molecule has 1 aromatic heterocycles. The predicted molar refractivity (Wildman–Crippen MR) is 71.6 cm³/mol. The molecule has 0 spiro atoms. The van der Waals surface area contributed by atoms with Gasteiger partial charge in [0.1, 0.15) is 17.2 Å². The van der Waals surface area contributed by atoms with Gasteiger partial charge in [0.05, 0.1) is 12.1 Å². The van der Waals surface area contributed by atoms with E-state index >= 15 is 0 Å². The van der Waals surface area contributed by atoms with E-state index in [9.17, 15) is 4.39 Å². The molecule has 3 rings (SSSR count). The Morgan fingerprint density at radius 3 is 2.95 bits per heavy atom. The van der Waals surface area contributed by atoms with Crippen LogP contribution in [0.4, 0.5) is 4.39 Å². The van der Waals surface area contributed by atoms with E-state index < -0.39 is 0 Å². The molecule has 3 nitrogen and oxygen atoms in total. The Morgan fingerprint density at radius 1 is 1.32 bits per heavy atom. The van der Waals surface area contributed by atoms with Crippen LogP contribution in [-0.4, -0.2) is 19.8 Å². The topological polar surface area (TPSA) is 34.4 Å². The number of fused-ring (bicyclic) bond motifs is 1. The number of halogens is 1. The summed E-state index contributed by atoms with van der Waals surface area (Å²) in [6.07, 6.45) is 3.46. The van der Waals surface area contributed by atoms with Gasteiger partial charge < -0.3 is 14.5 Å². The van der Waals surface area contributed by atoms with Gasteiger partial charge in [0, 0.05) is 12.0 Å². The molecule has 2 heterocycles. The molecule has 2 aromatic rings. The first-order chi connectivity index (χ1) is 9.28. The van der Waals surface area contributed by atoms with Gasteiger partial charge >= 0.3 is 0 Å². The molecule has 19 heavy (non-hydrogen) atoms. The summed E-state index contributed by atoms with van der Waals surface area (Å²) in [6.45, 7) is 0.803. The normalized spacial score (nSPS) is 21.7. The van der Waals surface area contributed by atoms with Gasteiger partial charge in [-0.25, -0.2) is 4.39 Å². The number of rotatable bonds is 3. The highest BCUT2D eigenvalue weighted by Crippen LogP contribution is 2.30. The third-order valence-electron chi connectivity index (χ3n) is 3.70. The fourth-order valence-electron chi connectivity index (χ4n) is 2.73. The van der Waals surface area contributed by atoms with Crippen molar-refractivity contribution in [3.05, 3.63) is 35.8 Å². The van der Waals surface area contributed by atoms with Crippen molar-refractivity contribution < 1.29 is 13.5 Å². The molecule has 1 fully saturated rings. The minimum absolute atomic E-state index is 0.0239. The molecule has 0 saturated carbocycles. The molecule has 2 atom stereocenters. The summed E-state index contributed by atoms with van der Waals surface area (Å²) in [6, 6.07) is 6.51. The van der Waals surface area contributed by atoms with Crippen LogP contribution in [0.1, 0.15) is 31.1 Å². The Hall–Kier alpha value is -1.39. The van der Waals surface area contributed by atoms with Crippen molar-refractivity contribution >= 4 is 11.0 Å². The predicted octanol–water partition coefficient (Wildman–Crippen LogP) is 3.40. The smallest absolute Gasteiger partial charge is 0.134 e.